The molecule has 1 aliphatic heterocycles. The standard InChI is InChI=1S/C57H72ClIN4O6PS3/c1-10-69-70(64,51-26-27-53(54(37-51)72(8,65)66)60-49(28-31-59-39(2)3)38-71-52-14-12-11-13-15-52)61-48-22-24-50(25-23-48)62-32-29-43(30-33-62)16-17-44-34-41(6)35-46(36-44)55-56(45-18-20-47(58)21-19-45)63(40(4)5)42(7)57(55)73(9,67)68/h11-15,18-27,34-37,39-40,43,49,60H,10,16-17,28-33,38H2,1-9H3,(H,61,64)/q-1/t49-,70?/m1/s1. The second kappa shape index (κ2) is 24.9. The Labute approximate surface area is 455 Å². The van der Waals surface area contributed by atoms with Gasteiger partial charge in [-0.15, -0.1) is 0 Å². The first-order valence-electron chi connectivity index (χ1n) is 25.2. The molecule has 2 atom stereocenters. The third-order valence-electron chi connectivity index (χ3n) is 13.2. The van der Waals surface area contributed by atoms with Crippen molar-refractivity contribution in [3.63, 3.8) is 0 Å². The van der Waals surface area contributed by atoms with Crippen LogP contribution in [0.2, 0.25) is 5.02 Å². The molecule has 0 spiro atoms. The molecule has 1 fully saturated rings. The predicted octanol–water partition coefficient (Wildman–Crippen LogP) is 10.8. The van der Waals surface area contributed by atoms with Crippen molar-refractivity contribution >= 4 is 72.9 Å². The Bertz CT molecular complexity index is 3110. The Hall–Kier alpha value is -3.76. The number of anilines is 3. The molecule has 0 radical (unpaired) electrons. The van der Waals surface area contributed by atoms with E-state index in [1.807, 2.05) is 73.7 Å². The van der Waals surface area contributed by atoms with Crippen molar-refractivity contribution in [2.24, 2.45) is 5.92 Å². The predicted molar refractivity (Wildman–Crippen MR) is 304 cm³/mol. The van der Waals surface area contributed by atoms with Gasteiger partial charge in [0.15, 0.2) is 9.84 Å². The second-order valence-electron chi connectivity index (χ2n) is 19.7. The number of aromatic nitrogens is 1. The fraction of sp³-hybridized carbons (Fsp3) is 0.404. The summed E-state index contributed by atoms with van der Waals surface area (Å²) in [5.41, 5.74) is 8.65. The number of hydrogen-bond donors (Lipinski definition) is 2. The molecule has 5 aromatic carbocycles. The van der Waals surface area contributed by atoms with Crippen LogP contribution in [0.25, 0.3) is 22.4 Å². The van der Waals surface area contributed by atoms with Gasteiger partial charge in [-0.3, -0.25) is 0 Å². The van der Waals surface area contributed by atoms with E-state index in [-0.39, 0.29) is 50.1 Å². The van der Waals surface area contributed by atoms with Crippen molar-refractivity contribution < 1.29 is 47.1 Å². The Morgan fingerprint density at radius 2 is 1.52 bits per heavy atom. The van der Waals surface area contributed by atoms with E-state index in [9.17, 15) is 21.4 Å². The monoisotopic (exact) mass is 1200 g/mol. The number of benzene rings is 5. The average Bonchev–Trinajstić information content (AvgIpc) is 3.67. The van der Waals surface area contributed by atoms with Gasteiger partial charge in [-0.05, 0) is 100 Å². The van der Waals surface area contributed by atoms with E-state index in [0.717, 1.165) is 99.6 Å². The third-order valence-corrected chi connectivity index (χ3v) is 22.2. The van der Waals surface area contributed by atoms with Gasteiger partial charge in [-0.2, -0.15) is 0 Å². The Kier molecular flexibility index (Phi) is 19.5. The number of piperidine rings is 1. The van der Waals surface area contributed by atoms with Crippen molar-refractivity contribution in [2.75, 3.05) is 57.7 Å². The molecule has 0 amide bonds. The van der Waals surface area contributed by atoms with Crippen LogP contribution in [0.4, 0.5) is 17.1 Å². The summed E-state index contributed by atoms with van der Waals surface area (Å²) in [5.74, 6) is 1.31. The molecule has 1 aliphatic rings. The molecule has 0 saturated carbocycles. The van der Waals surface area contributed by atoms with Gasteiger partial charge < -0.3 is 9.47 Å². The molecule has 0 aliphatic carbocycles. The number of halogens is 2. The summed E-state index contributed by atoms with van der Waals surface area (Å²) in [4.78, 5) is 4.02. The molecular weight excluding hydrogens is 1130 g/mol. The topological polar surface area (TPSA) is 127 Å². The van der Waals surface area contributed by atoms with Gasteiger partial charge in [0, 0.05) is 47.4 Å². The summed E-state index contributed by atoms with van der Waals surface area (Å²) in [6.07, 6.45) is 7.40. The van der Waals surface area contributed by atoms with Crippen LogP contribution >= 0.6 is 30.9 Å². The molecule has 2 heterocycles. The molecule has 16 heteroatoms. The quantitative estimate of drug-likeness (QED) is 0.0277. The molecule has 0 bridgehead atoms. The van der Waals surface area contributed by atoms with Gasteiger partial charge in [0.05, 0.1) is 10.6 Å². The first kappa shape index (κ1) is 57.0. The maximum atomic E-state index is 14.7. The van der Waals surface area contributed by atoms with Gasteiger partial charge in [-0.25, -0.2) is 8.42 Å². The van der Waals surface area contributed by atoms with Gasteiger partial charge in [0.25, 0.3) is 0 Å². The van der Waals surface area contributed by atoms with Gasteiger partial charge in [0.2, 0.25) is 0 Å². The zero-order chi connectivity index (χ0) is 52.7. The number of thioether (sulfide) groups is 1. The average molecular weight is 1200 g/mol. The van der Waals surface area contributed by atoms with Crippen molar-refractivity contribution in [1.82, 2.24) is 4.57 Å². The van der Waals surface area contributed by atoms with Crippen molar-refractivity contribution in [3.8, 4) is 22.4 Å². The van der Waals surface area contributed by atoms with Gasteiger partial charge in [0.1, 0.15) is 0 Å². The van der Waals surface area contributed by atoms with Gasteiger partial charge >= 0.3 is 226 Å². The first-order valence-corrected chi connectivity index (χ1v) is 34.7. The van der Waals surface area contributed by atoms with E-state index >= 15 is 0 Å². The number of sulfone groups is 2. The third kappa shape index (κ3) is 14.8. The van der Waals surface area contributed by atoms with Gasteiger partial charge in [-0.1, -0.05) is 47.5 Å². The summed E-state index contributed by atoms with van der Waals surface area (Å²) < 4.78 is 78.6. The summed E-state index contributed by atoms with van der Waals surface area (Å²) >= 11 is 8.10. The minimum absolute atomic E-state index is 0.0232. The molecule has 6 aromatic rings. The Morgan fingerprint density at radius 1 is 0.836 bits per heavy atom. The molecule has 7 rings (SSSR count). The number of hydrogen-bond acceptors (Lipinski definition) is 9. The molecule has 1 aromatic heterocycles. The molecule has 1 unspecified atom stereocenters. The van der Waals surface area contributed by atoms with Crippen LogP contribution in [0.5, 0.6) is 0 Å². The van der Waals surface area contributed by atoms with E-state index in [2.05, 4.69) is 84.8 Å². The number of alkyl halides is 2. The van der Waals surface area contributed by atoms with E-state index in [1.165, 1.54) is 24.1 Å². The summed E-state index contributed by atoms with van der Waals surface area (Å²) in [7, 11) is -11.1. The van der Waals surface area contributed by atoms with Crippen LogP contribution in [0.1, 0.15) is 83.2 Å². The number of rotatable bonds is 23. The second-order valence-corrected chi connectivity index (χ2v) is 31.8. The molecule has 10 nitrogen and oxygen atoms in total. The van der Waals surface area contributed by atoms with Crippen LogP contribution in [0.15, 0.2) is 130 Å². The maximum absolute atomic E-state index is 14.7. The van der Waals surface area contributed by atoms with E-state index < -0.39 is 27.2 Å². The first-order chi connectivity index (χ1) is 34.6. The normalized spacial score (nSPS) is 15.0. The van der Waals surface area contributed by atoms with Crippen molar-refractivity contribution in [2.45, 2.75) is 111 Å². The fourth-order valence-corrected chi connectivity index (χ4v) is 17.3. The zero-order valence-corrected chi connectivity index (χ0v) is 49.9. The molecule has 1 saturated heterocycles. The molecule has 394 valence electrons. The summed E-state index contributed by atoms with van der Waals surface area (Å²) in [6.45, 7) is 16.4. The van der Waals surface area contributed by atoms with E-state index in [1.54, 1.807) is 30.8 Å². The van der Waals surface area contributed by atoms with Crippen molar-refractivity contribution in [1.29, 1.82) is 0 Å². The minimum atomic E-state index is -3.76. The SMILES string of the molecule is CCOP(=O)(Nc1ccc(N2CCC(CCc3cc(C)cc(-c4c(S(C)(=O)=O)c(C)n(C(C)C)c4-c4ccc(Cl)cc4)c3)CC2)cc1)c1ccc(N[C@H](CC[I-]C(C)C)CSc2ccccc2)c(S(C)(=O)=O)c1. The van der Waals surface area contributed by atoms with Crippen LogP contribution in [0.3, 0.4) is 0 Å². The fourth-order valence-electron chi connectivity index (χ4n) is 9.88. The van der Waals surface area contributed by atoms with Crippen LogP contribution in [0, 0.1) is 19.8 Å². The van der Waals surface area contributed by atoms with Crippen LogP contribution in [-0.2, 0) is 35.2 Å². The number of aryl methyl sites for hydroxylation is 2. The van der Waals surface area contributed by atoms with Crippen LogP contribution in [-0.4, -0.2) is 73.8 Å². The molecular formula is C57H72ClIN4O6PS3-. The Balaban J connectivity index is 1.02. The van der Waals surface area contributed by atoms with E-state index in [4.69, 9.17) is 16.1 Å². The number of nitrogens with zero attached hydrogens (tertiary/aromatic N) is 2. The van der Waals surface area contributed by atoms with Crippen molar-refractivity contribution in [3.05, 3.63) is 137 Å². The van der Waals surface area contributed by atoms with E-state index in [0.29, 0.717) is 31.1 Å². The van der Waals surface area contributed by atoms with Crippen LogP contribution < -0.4 is 41.8 Å². The molecule has 2 N–H and O–H groups in total. The zero-order valence-electron chi connectivity index (χ0n) is 43.6. The number of nitrogens with one attached hydrogen (secondary N) is 2. The molecule has 73 heavy (non-hydrogen) atoms. The Morgan fingerprint density at radius 3 is 2.14 bits per heavy atom. The summed E-state index contributed by atoms with van der Waals surface area (Å²) in [6, 6.07) is 37.3. The summed E-state index contributed by atoms with van der Waals surface area (Å²) in [5, 5.41) is 7.67.